The first-order chi connectivity index (χ1) is 6.20. The molecule has 1 aliphatic heterocycles. The molecule has 0 amide bonds. The fraction of sp³-hybridized carbons (Fsp3) is 0.417. The molecule has 0 unspecified atom stereocenters. The maximum Gasteiger partial charge on any atom is 0.0646 e. The number of hydrogen-bond donors (Lipinski definition) is 0. The molecular weight excluding hydrogens is 158 g/mol. The first kappa shape index (κ1) is 9.97. The van der Waals surface area contributed by atoms with Gasteiger partial charge in [0.2, 0.25) is 0 Å². The Morgan fingerprint density at radius 2 is 1.77 bits per heavy atom. The van der Waals surface area contributed by atoms with E-state index < -0.39 is 0 Å². The van der Waals surface area contributed by atoms with Crippen molar-refractivity contribution in [3.05, 3.63) is 35.4 Å². The van der Waals surface area contributed by atoms with Gasteiger partial charge in [-0.15, -0.1) is 0 Å². The van der Waals surface area contributed by atoms with E-state index in [2.05, 4.69) is 37.9 Å². The quantitative estimate of drug-likeness (QED) is 0.574. The van der Waals surface area contributed by atoms with Crippen molar-refractivity contribution in [2.75, 3.05) is 0 Å². The molecule has 2 rings (SSSR count). The maximum atomic E-state index is 4.13. The first-order valence-corrected chi connectivity index (χ1v) is 4.78. The Morgan fingerprint density at radius 3 is 2.38 bits per heavy atom. The third kappa shape index (κ3) is 3.41. The maximum absolute atomic E-state index is 4.13. The van der Waals surface area contributed by atoms with Crippen LogP contribution in [0.3, 0.4) is 0 Å². The molecule has 13 heavy (non-hydrogen) atoms. The fourth-order valence-corrected chi connectivity index (χ4v) is 1.05. The number of benzene rings is 1. The molecule has 0 fully saturated rings. The minimum atomic E-state index is 0.833. The van der Waals surface area contributed by atoms with Gasteiger partial charge >= 0.3 is 0 Å². The predicted molar refractivity (Wildman–Crippen MR) is 58.3 cm³/mol. The first-order valence-electron chi connectivity index (χ1n) is 4.78. The summed E-state index contributed by atoms with van der Waals surface area (Å²) in [5.41, 5.74) is 2.62. The monoisotopic (exact) mass is 175 g/mol. The third-order valence-corrected chi connectivity index (χ3v) is 1.55. The minimum absolute atomic E-state index is 0.833. The summed E-state index contributed by atoms with van der Waals surface area (Å²) in [4.78, 5) is 4.13. The second-order valence-corrected chi connectivity index (χ2v) is 3.90. The highest BCUT2D eigenvalue weighted by Gasteiger charge is 2.01. The predicted octanol–water partition coefficient (Wildman–Crippen LogP) is 3.28. The molecule has 0 spiro atoms. The molecule has 0 aliphatic carbocycles. The molecule has 0 bridgehead atoms. The molecule has 1 heterocycles. The largest absolute Gasteiger partial charge is 0.288 e. The second kappa shape index (κ2) is 4.80. The molecule has 1 aliphatic rings. The zero-order valence-corrected chi connectivity index (χ0v) is 8.62. The number of hydrogen-bond acceptors (Lipinski definition) is 1. The number of rotatable bonds is 0. The van der Waals surface area contributed by atoms with E-state index in [4.69, 9.17) is 0 Å². The number of fused-ring (bicyclic) bond motifs is 1. The SMILES string of the molecule is C1=NCc2ccccc21.CC(C)C. The lowest BCUT2D eigenvalue weighted by Crippen LogP contribution is -1.79. The van der Waals surface area contributed by atoms with E-state index in [1.54, 1.807) is 0 Å². The van der Waals surface area contributed by atoms with Crippen molar-refractivity contribution in [1.29, 1.82) is 0 Å². The molecule has 0 saturated heterocycles. The Balaban J connectivity index is 0.000000184. The second-order valence-electron chi connectivity index (χ2n) is 3.90. The van der Waals surface area contributed by atoms with Crippen LogP contribution >= 0.6 is 0 Å². The average molecular weight is 175 g/mol. The van der Waals surface area contributed by atoms with Crippen LogP contribution in [0.1, 0.15) is 31.9 Å². The Bertz CT molecular complexity index is 284. The molecule has 0 atom stereocenters. The van der Waals surface area contributed by atoms with Gasteiger partial charge in [0.05, 0.1) is 6.54 Å². The highest BCUT2D eigenvalue weighted by atomic mass is 14.7. The minimum Gasteiger partial charge on any atom is -0.288 e. The summed E-state index contributed by atoms with van der Waals surface area (Å²) < 4.78 is 0. The van der Waals surface area contributed by atoms with E-state index in [9.17, 15) is 0 Å². The van der Waals surface area contributed by atoms with Crippen molar-refractivity contribution < 1.29 is 0 Å². The summed E-state index contributed by atoms with van der Waals surface area (Å²) in [7, 11) is 0. The topological polar surface area (TPSA) is 12.4 Å². The summed E-state index contributed by atoms with van der Waals surface area (Å²) in [5.74, 6) is 0.833. The van der Waals surface area contributed by atoms with E-state index in [-0.39, 0.29) is 0 Å². The standard InChI is InChI=1S/C8H7N.C4H10/c1-2-4-8-6-9-5-7(8)3-1;1-4(2)3/h1-5H,6H2;4H,1-3H3. The van der Waals surface area contributed by atoms with Crippen LogP contribution in [0.5, 0.6) is 0 Å². The van der Waals surface area contributed by atoms with E-state index in [1.807, 2.05) is 18.3 Å². The van der Waals surface area contributed by atoms with Crippen LogP contribution in [-0.4, -0.2) is 6.21 Å². The van der Waals surface area contributed by atoms with Crippen molar-refractivity contribution in [2.24, 2.45) is 10.9 Å². The van der Waals surface area contributed by atoms with Crippen LogP contribution < -0.4 is 0 Å². The number of aliphatic imine (C=N–C) groups is 1. The molecule has 0 saturated carbocycles. The Hall–Kier alpha value is -1.11. The van der Waals surface area contributed by atoms with Gasteiger partial charge in [0.1, 0.15) is 0 Å². The van der Waals surface area contributed by atoms with Gasteiger partial charge in [-0.05, 0) is 17.0 Å². The smallest absolute Gasteiger partial charge is 0.0646 e. The lowest BCUT2D eigenvalue weighted by molar-refractivity contribution is 0.737. The van der Waals surface area contributed by atoms with Crippen molar-refractivity contribution >= 4 is 6.21 Å². The van der Waals surface area contributed by atoms with Gasteiger partial charge in [0, 0.05) is 6.21 Å². The van der Waals surface area contributed by atoms with Gasteiger partial charge in [-0.2, -0.15) is 0 Å². The highest BCUT2D eigenvalue weighted by molar-refractivity contribution is 5.84. The Morgan fingerprint density at radius 1 is 1.15 bits per heavy atom. The molecule has 1 heteroatoms. The van der Waals surface area contributed by atoms with Gasteiger partial charge < -0.3 is 0 Å². The molecule has 70 valence electrons. The molecule has 1 nitrogen and oxygen atoms in total. The van der Waals surface area contributed by atoms with Gasteiger partial charge in [-0.25, -0.2) is 0 Å². The zero-order valence-electron chi connectivity index (χ0n) is 8.62. The summed E-state index contributed by atoms with van der Waals surface area (Å²) in [6, 6.07) is 8.29. The van der Waals surface area contributed by atoms with Crippen LogP contribution in [-0.2, 0) is 6.54 Å². The average Bonchev–Trinajstić information content (AvgIpc) is 2.49. The van der Waals surface area contributed by atoms with E-state index >= 15 is 0 Å². The number of nitrogens with zero attached hydrogens (tertiary/aromatic N) is 1. The van der Waals surface area contributed by atoms with E-state index in [0.29, 0.717) is 0 Å². The third-order valence-electron chi connectivity index (χ3n) is 1.55. The van der Waals surface area contributed by atoms with Crippen LogP contribution in [0, 0.1) is 5.92 Å². The lowest BCUT2D eigenvalue weighted by Gasteiger charge is -1.91. The van der Waals surface area contributed by atoms with Crippen LogP contribution in [0.4, 0.5) is 0 Å². The molecule has 1 aromatic rings. The molecular formula is C12H17N. The summed E-state index contributed by atoms with van der Waals surface area (Å²) in [5, 5.41) is 0. The normalized spacial score (nSPS) is 12.3. The van der Waals surface area contributed by atoms with Gasteiger partial charge in [0.25, 0.3) is 0 Å². The van der Waals surface area contributed by atoms with Crippen molar-refractivity contribution in [1.82, 2.24) is 0 Å². The van der Waals surface area contributed by atoms with Gasteiger partial charge in [-0.1, -0.05) is 45.0 Å². The molecule has 0 aromatic heterocycles. The summed E-state index contributed by atoms with van der Waals surface area (Å²) >= 11 is 0. The van der Waals surface area contributed by atoms with Crippen molar-refractivity contribution in [3.63, 3.8) is 0 Å². The van der Waals surface area contributed by atoms with Crippen molar-refractivity contribution in [2.45, 2.75) is 27.3 Å². The van der Waals surface area contributed by atoms with E-state index in [1.165, 1.54) is 11.1 Å². The van der Waals surface area contributed by atoms with E-state index in [0.717, 1.165) is 12.5 Å². The Kier molecular flexibility index (Phi) is 3.69. The molecule has 0 radical (unpaired) electrons. The summed E-state index contributed by atoms with van der Waals surface area (Å²) in [6.07, 6.45) is 1.93. The summed E-state index contributed by atoms with van der Waals surface area (Å²) in [6.45, 7) is 7.37. The molecule has 0 N–H and O–H groups in total. The molecule has 1 aromatic carbocycles. The van der Waals surface area contributed by atoms with Gasteiger partial charge in [0.15, 0.2) is 0 Å². The fourth-order valence-electron chi connectivity index (χ4n) is 1.05. The van der Waals surface area contributed by atoms with Crippen LogP contribution in [0.15, 0.2) is 29.3 Å². The van der Waals surface area contributed by atoms with Crippen LogP contribution in [0.2, 0.25) is 0 Å². The Labute approximate surface area is 80.5 Å². The van der Waals surface area contributed by atoms with Gasteiger partial charge in [-0.3, -0.25) is 4.99 Å². The van der Waals surface area contributed by atoms with Crippen molar-refractivity contribution in [3.8, 4) is 0 Å². The van der Waals surface area contributed by atoms with Crippen LogP contribution in [0.25, 0.3) is 0 Å². The highest BCUT2D eigenvalue weighted by Crippen LogP contribution is 2.12. The zero-order chi connectivity index (χ0) is 9.68. The lowest BCUT2D eigenvalue weighted by atomic mass is 10.1.